The van der Waals surface area contributed by atoms with Gasteiger partial charge < -0.3 is 5.11 Å². The van der Waals surface area contributed by atoms with Gasteiger partial charge in [-0.3, -0.25) is 8.98 Å². The largest absolute Gasteiger partial charge is 0.481 e. The molecule has 0 aromatic rings. The first-order chi connectivity index (χ1) is 6.42. The van der Waals surface area contributed by atoms with E-state index in [0.717, 1.165) is 0 Å². The molecule has 0 unspecified atom stereocenters. The number of carboxylic acids is 1. The Morgan fingerprint density at radius 3 is 2.57 bits per heavy atom. The lowest BCUT2D eigenvalue weighted by Gasteiger charge is -2.15. The average Bonchev–Trinajstić information content (AvgIpc) is 2.00. The van der Waals surface area contributed by atoms with Crippen LogP contribution in [0.5, 0.6) is 0 Å². The van der Waals surface area contributed by atoms with Gasteiger partial charge in [-0.25, -0.2) is 0 Å². The van der Waals surface area contributed by atoms with E-state index in [2.05, 4.69) is 20.8 Å². The fourth-order valence-electron chi connectivity index (χ4n) is 0.398. The number of carbonyl (C=O) groups is 1. The van der Waals surface area contributed by atoms with Crippen molar-refractivity contribution >= 4 is 39.6 Å². The van der Waals surface area contributed by atoms with E-state index >= 15 is 0 Å². The Balaban J connectivity index is 3.11. The van der Waals surface area contributed by atoms with Crippen molar-refractivity contribution in [1.82, 2.24) is 0 Å². The fourth-order valence-corrected chi connectivity index (χ4v) is 2.63. The Bertz CT molecular complexity index is 168. The number of thioether (sulfide) groups is 1. The van der Waals surface area contributed by atoms with E-state index in [-0.39, 0.29) is 11.2 Å². The van der Waals surface area contributed by atoms with Crippen molar-refractivity contribution in [2.24, 2.45) is 0 Å². The molecule has 0 aromatic heterocycles. The third-order valence-corrected chi connectivity index (χ3v) is 4.63. The maximum Gasteiger partial charge on any atom is 0.304 e. The molecule has 3 nitrogen and oxygen atoms in total. The molecule has 0 aliphatic carbocycles. The molecular weight excluding hydrogens is 240 g/mol. The number of hydrogen-bond donors (Lipinski definition) is 1. The summed E-state index contributed by atoms with van der Waals surface area (Å²) in [5.41, 5.74) is 0. The fraction of sp³-hybridized carbons (Fsp3) is 0.875. The second kappa shape index (κ2) is 7.73. The van der Waals surface area contributed by atoms with Gasteiger partial charge in [0, 0.05) is 10.5 Å². The van der Waals surface area contributed by atoms with E-state index in [1.807, 2.05) is 0 Å². The van der Waals surface area contributed by atoms with Gasteiger partial charge in [0.1, 0.15) is 5.94 Å². The summed E-state index contributed by atoms with van der Waals surface area (Å²) in [4.78, 5) is 10.2. The van der Waals surface area contributed by atoms with Crippen LogP contribution in [-0.4, -0.2) is 27.5 Å². The quantitative estimate of drug-likeness (QED) is 0.326. The van der Waals surface area contributed by atoms with Gasteiger partial charge in [0.15, 0.2) is 0 Å². The Morgan fingerprint density at radius 2 is 2.07 bits per heavy atom. The highest BCUT2D eigenvalue weighted by atomic mass is 33.1. The number of carboxylic acid groups (broad SMARTS) is 1. The molecule has 0 radical (unpaired) electrons. The van der Waals surface area contributed by atoms with Crippen LogP contribution in [0, 0.1) is 0 Å². The third-order valence-electron chi connectivity index (χ3n) is 0.924. The summed E-state index contributed by atoms with van der Waals surface area (Å²) in [6, 6.07) is 0. The molecule has 0 spiro atoms. The van der Waals surface area contributed by atoms with Gasteiger partial charge in [0.05, 0.1) is 17.5 Å². The van der Waals surface area contributed by atoms with Crippen LogP contribution in [0.2, 0.25) is 0 Å². The first-order valence-corrected chi connectivity index (χ1v) is 7.41. The van der Waals surface area contributed by atoms with Crippen LogP contribution in [0.15, 0.2) is 0 Å². The van der Waals surface area contributed by atoms with Gasteiger partial charge in [0.25, 0.3) is 0 Å². The molecule has 0 saturated carbocycles. The molecule has 6 heteroatoms. The Kier molecular flexibility index (Phi) is 8.00. The van der Waals surface area contributed by atoms with Crippen LogP contribution in [0.4, 0.5) is 0 Å². The SMILES string of the molecule is CC(C)(C)SSOCSCCC(=O)O. The average molecular weight is 256 g/mol. The summed E-state index contributed by atoms with van der Waals surface area (Å²) in [6.07, 6.45) is 0.200. The van der Waals surface area contributed by atoms with Crippen LogP contribution in [0.1, 0.15) is 27.2 Å². The molecule has 14 heavy (non-hydrogen) atoms. The third kappa shape index (κ3) is 12.5. The van der Waals surface area contributed by atoms with Crippen LogP contribution in [0.25, 0.3) is 0 Å². The van der Waals surface area contributed by atoms with E-state index in [1.165, 1.54) is 22.8 Å². The maximum atomic E-state index is 10.2. The summed E-state index contributed by atoms with van der Waals surface area (Å²) in [5.74, 6) is 0.395. The molecule has 0 rings (SSSR count). The standard InChI is InChI=1S/C8H16O3S3/c1-8(2,3)13-14-11-6-12-5-4-7(9)10/h4-6H2,1-3H3,(H,9,10). The number of rotatable bonds is 7. The Hall–Kier alpha value is 0.480. The Labute approximate surface area is 97.3 Å². The minimum absolute atomic E-state index is 0.191. The summed E-state index contributed by atoms with van der Waals surface area (Å²) in [6.45, 7) is 6.35. The molecule has 1 N–H and O–H groups in total. The molecule has 0 amide bonds. The lowest BCUT2D eigenvalue weighted by atomic mass is 10.3. The zero-order valence-corrected chi connectivity index (χ0v) is 11.1. The number of aliphatic carboxylic acids is 1. The molecule has 0 aliphatic heterocycles. The Morgan fingerprint density at radius 1 is 1.43 bits per heavy atom. The van der Waals surface area contributed by atoms with Crippen molar-refractivity contribution in [3.05, 3.63) is 0 Å². The molecule has 0 heterocycles. The van der Waals surface area contributed by atoms with Crippen molar-refractivity contribution in [3.63, 3.8) is 0 Å². The predicted octanol–water partition coefficient (Wildman–Crippen LogP) is 3.26. The zero-order chi connectivity index (χ0) is 11.0. The van der Waals surface area contributed by atoms with Crippen LogP contribution >= 0.6 is 33.6 Å². The minimum Gasteiger partial charge on any atom is -0.481 e. The van der Waals surface area contributed by atoms with Crippen LogP contribution in [0.3, 0.4) is 0 Å². The monoisotopic (exact) mass is 256 g/mol. The van der Waals surface area contributed by atoms with E-state index in [9.17, 15) is 4.79 Å². The highest BCUT2D eigenvalue weighted by molar-refractivity contribution is 8.75. The zero-order valence-electron chi connectivity index (χ0n) is 8.61. The normalized spacial score (nSPS) is 11.6. The van der Waals surface area contributed by atoms with Crippen molar-refractivity contribution < 1.29 is 14.1 Å². The molecule has 0 aliphatic rings. The highest BCUT2D eigenvalue weighted by Gasteiger charge is 2.11. The second-order valence-corrected chi connectivity index (χ2v) is 7.28. The summed E-state index contributed by atoms with van der Waals surface area (Å²) in [7, 11) is 1.66. The highest BCUT2D eigenvalue weighted by Crippen LogP contribution is 2.35. The summed E-state index contributed by atoms with van der Waals surface area (Å²) in [5, 5.41) is 8.36. The van der Waals surface area contributed by atoms with E-state index in [4.69, 9.17) is 9.29 Å². The van der Waals surface area contributed by atoms with Crippen LogP contribution < -0.4 is 0 Å². The van der Waals surface area contributed by atoms with Crippen LogP contribution in [-0.2, 0) is 8.98 Å². The number of hydrogen-bond acceptors (Lipinski definition) is 5. The lowest BCUT2D eigenvalue weighted by molar-refractivity contribution is -0.136. The van der Waals surface area contributed by atoms with Crippen molar-refractivity contribution in [1.29, 1.82) is 0 Å². The summed E-state index contributed by atoms with van der Waals surface area (Å²) >= 11 is 2.86. The topological polar surface area (TPSA) is 46.5 Å². The van der Waals surface area contributed by atoms with Gasteiger partial charge in [0.2, 0.25) is 0 Å². The molecule has 0 atom stereocenters. The molecule has 0 bridgehead atoms. The first-order valence-electron chi connectivity index (χ1n) is 4.18. The molecule has 0 fully saturated rings. The van der Waals surface area contributed by atoms with Gasteiger partial charge in [-0.1, -0.05) is 31.6 Å². The molecular formula is C8H16O3S3. The lowest BCUT2D eigenvalue weighted by Crippen LogP contribution is -2.04. The van der Waals surface area contributed by atoms with Gasteiger partial charge >= 0.3 is 5.97 Å². The molecule has 0 saturated heterocycles. The van der Waals surface area contributed by atoms with Gasteiger partial charge in [-0.15, -0.1) is 11.8 Å². The summed E-state index contributed by atoms with van der Waals surface area (Å²) < 4.78 is 5.43. The van der Waals surface area contributed by atoms with Crippen molar-refractivity contribution in [2.75, 3.05) is 11.7 Å². The van der Waals surface area contributed by atoms with E-state index < -0.39 is 5.97 Å². The van der Waals surface area contributed by atoms with E-state index in [1.54, 1.807) is 10.8 Å². The molecule has 84 valence electrons. The maximum absolute atomic E-state index is 10.2. The van der Waals surface area contributed by atoms with E-state index in [0.29, 0.717) is 11.7 Å². The predicted molar refractivity (Wildman–Crippen MR) is 65.6 cm³/mol. The van der Waals surface area contributed by atoms with Gasteiger partial charge in [-0.2, -0.15) is 0 Å². The van der Waals surface area contributed by atoms with Gasteiger partial charge in [-0.05, 0) is 0 Å². The van der Waals surface area contributed by atoms with Crippen molar-refractivity contribution in [2.45, 2.75) is 31.9 Å². The minimum atomic E-state index is -0.755. The molecule has 0 aromatic carbocycles. The van der Waals surface area contributed by atoms with Crippen molar-refractivity contribution in [3.8, 4) is 0 Å². The smallest absolute Gasteiger partial charge is 0.304 e. The first kappa shape index (κ1) is 14.5. The second-order valence-electron chi connectivity index (χ2n) is 3.55.